The van der Waals surface area contributed by atoms with Gasteiger partial charge in [0.1, 0.15) is 16.8 Å². The van der Waals surface area contributed by atoms with Crippen LogP contribution in [0.4, 0.5) is 14.5 Å². The Morgan fingerprint density at radius 2 is 2.05 bits per heavy atom. The highest BCUT2D eigenvalue weighted by Gasteiger charge is 2.23. The molecule has 0 aliphatic heterocycles. The van der Waals surface area contributed by atoms with E-state index in [0.29, 0.717) is 6.07 Å². The smallest absolute Gasteiger partial charge is 0.282 e. The van der Waals surface area contributed by atoms with Crippen molar-refractivity contribution < 1.29 is 17.2 Å². The van der Waals surface area contributed by atoms with Crippen LogP contribution in [0.15, 0.2) is 29.6 Å². The SMILES string of the molecule is Cn1cnc(S(=O)(=O)Nc2ccc(F)cc2F)c1Cl. The summed E-state index contributed by atoms with van der Waals surface area (Å²) in [6.45, 7) is 0. The first-order valence-corrected chi connectivity index (χ1v) is 6.82. The van der Waals surface area contributed by atoms with Gasteiger partial charge in [0.25, 0.3) is 10.0 Å². The van der Waals surface area contributed by atoms with Gasteiger partial charge in [0, 0.05) is 13.1 Å². The van der Waals surface area contributed by atoms with Gasteiger partial charge in [-0.25, -0.2) is 13.8 Å². The molecule has 2 aromatic rings. The number of hydrogen-bond acceptors (Lipinski definition) is 3. The van der Waals surface area contributed by atoms with Crippen LogP contribution in [0, 0.1) is 11.6 Å². The van der Waals surface area contributed by atoms with Crippen molar-refractivity contribution in [1.82, 2.24) is 9.55 Å². The van der Waals surface area contributed by atoms with E-state index in [1.165, 1.54) is 17.9 Å². The maximum absolute atomic E-state index is 13.4. The van der Waals surface area contributed by atoms with Gasteiger partial charge in [-0.2, -0.15) is 8.42 Å². The van der Waals surface area contributed by atoms with Gasteiger partial charge in [0.15, 0.2) is 0 Å². The Bertz CT molecular complexity index is 730. The van der Waals surface area contributed by atoms with Crippen LogP contribution in [-0.2, 0) is 17.1 Å². The second-order valence-corrected chi connectivity index (χ2v) is 5.64. The molecule has 0 saturated carbocycles. The van der Waals surface area contributed by atoms with Gasteiger partial charge >= 0.3 is 0 Å². The number of sulfonamides is 1. The third kappa shape index (κ3) is 2.69. The zero-order chi connectivity index (χ0) is 14.2. The highest BCUT2D eigenvalue weighted by molar-refractivity contribution is 7.92. The zero-order valence-electron chi connectivity index (χ0n) is 9.56. The van der Waals surface area contributed by atoms with Gasteiger partial charge < -0.3 is 4.57 Å². The molecule has 0 saturated heterocycles. The largest absolute Gasteiger partial charge is 0.324 e. The minimum absolute atomic E-state index is 0.116. The minimum atomic E-state index is -4.13. The van der Waals surface area contributed by atoms with Gasteiger partial charge in [-0.1, -0.05) is 11.6 Å². The van der Waals surface area contributed by atoms with Crippen LogP contribution in [0.1, 0.15) is 0 Å². The summed E-state index contributed by atoms with van der Waals surface area (Å²) in [5.74, 6) is -1.84. The predicted molar refractivity (Wildman–Crippen MR) is 65.4 cm³/mol. The van der Waals surface area contributed by atoms with E-state index in [4.69, 9.17) is 11.6 Å². The van der Waals surface area contributed by atoms with E-state index in [1.807, 2.05) is 4.72 Å². The number of rotatable bonds is 3. The van der Waals surface area contributed by atoms with Gasteiger partial charge in [0.05, 0.1) is 12.0 Å². The third-order valence-electron chi connectivity index (χ3n) is 2.26. The van der Waals surface area contributed by atoms with Gasteiger partial charge in [-0.15, -0.1) is 0 Å². The molecular weight excluding hydrogens is 300 g/mol. The molecule has 19 heavy (non-hydrogen) atoms. The predicted octanol–water partition coefficient (Wildman–Crippen LogP) is 2.15. The molecule has 0 fully saturated rings. The minimum Gasteiger partial charge on any atom is -0.324 e. The molecule has 1 aromatic carbocycles. The summed E-state index contributed by atoms with van der Waals surface area (Å²) < 4.78 is 53.2. The zero-order valence-corrected chi connectivity index (χ0v) is 11.1. The fourth-order valence-electron chi connectivity index (χ4n) is 1.34. The van der Waals surface area contributed by atoms with Crippen LogP contribution >= 0.6 is 11.6 Å². The summed E-state index contributed by atoms with van der Waals surface area (Å²) in [6.07, 6.45) is 1.21. The lowest BCUT2D eigenvalue weighted by Gasteiger charge is -2.07. The molecule has 2 rings (SSSR count). The Kier molecular flexibility index (Phi) is 3.46. The van der Waals surface area contributed by atoms with Gasteiger partial charge in [0.2, 0.25) is 5.03 Å². The van der Waals surface area contributed by atoms with Crippen molar-refractivity contribution in [2.75, 3.05) is 4.72 Å². The van der Waals surface area contributed by atoms with Crippen molar-refractivity contribution >= 4 is 27.3 Å². The Hall–Kier alpha value is -1.67. The number of halogens is 3. The number of hydrogen-bond donors (Lipinski definition) is 1. The lowest BCUT2D eigenvalue weighted by Crippen LogP contribution is -2.15. The van der Waals surface area contributed by atoms with Crippen LogP contribution in [0.25, 0.3) is 0 Å². The van der Waals surface area contributed by atoms with Crippen LogP contribution in [-0.4, -0.2) is 18.0 Å². The molecule has 5 nitrogen and oxygen atoms in total. The van der Waals surface area contributed by atoms with Crippen molar-refractivity contribution in [3.8, 4) is 0 Å². The Labute approximate surface area is 112 Å². The van der Waals surface area contributed by atoms with Crippen LogP contribution in [0.2, 0.25) is 5.15 Å². The third-order valence-corrected chi connectivity index (χ3v) is 4.12. The summed E-state index contributed by atoms with van der Waals surface area (Å²) in [5, 5.41) is -0.546. The first-order chi connectivity index (χ1) is 8.81. The number of imidazole rings is 1. The van der Waals surface area contributed by atoms with E-state index in [2.05, 4.69) is 4.98 Å². The number of aryl methyl sites for hydroxylation is 1. The summed E-state index contributed by atoms with van der Waals surface area (Å²) in [7, 11) is -2.63. The first kappa shape index (κ1) is 13.8. The molecule has 0 amide bonds. The van der Waals surface area contributed by atoms with E-state index in [1.54, 1.807) is 0 Å². The quantitative estimate of drug-likeness (QED) is 0.945. The maximum atomic E-state index is 13.4. The van der Waals surface area contributed by atoms with Gasteiger partial charge in [-0.05, 0) is 12.1 Å². The molecule has 0 unspecified atom stereocenters. The van der Waals surface area contributed by atoms with Crippen LogP contribution < -0.4 is 4.72 Å². The molecule has 1 heterocycles. The number of nitrogens with zero attached hydrogens (tertiary/aromatic N) is 2. The lowest BCUT2D eigenvalue weighted by atomic mass is 10.3. The summed E-state index contributed by atoms with van der Waals surface area (Å²) in [4.78, 5) is 3.61. The molecule has 0 radical (unpaired) electrons. The van der Waals surface area contributed by atoms with Crippen LogP contribution in [0.5, 0.6) is 0 Å². The number of nitrogens with one attached hydrogen (secondary N) is 1. The molecule has 102 valence electrons. The standard InChI is InChI=1S/C10H8ClF2N3O2S/c1-16-5-14-10(9(16)11)19(17,18)15-8-3-2-6(12)4-7(8)13/h2-5,15H,1H3. The first-order valence-electron chi connectivity index (χ1n) is 4.96. The van der Waals surface area contributed by atoms with Crippen LogP contribution in [0.3, 0.4) is 0 Å². The number of anilines is 1. The van der Waals surface area contributed by atoms with E-state index < -0.39 is 26.7 Å². The lowest BCUT2D eigenvalue weighted by molar-refractivity contribution is 0.582. The molecule has 1 aromatic heterocycles. The molecule has 0 bridgehead atoms. The van der Waals surface area contributed by atoms with Gasteiger partial charge in [-0.3, -0.25) is 4.72 Å². The van der Waals surface area contributed by atoms with Crippen molar-refractivity contribution in [1.29, 1.82) is 0 Å². The fourth-order valence-corrected chi connectivity index (χ4v) is 2.84. The monoisotopic (exact) mass is 307 g/mol. The topological polar surface area (TPSA) is 64.0 Å². The fraction of sp³-hybridized carbons (Fsp3) is 0.100. The van der Waals surface area contributed by atoms with Crippen molar-refractivity contribution in [2.45, 2.75) is 5.03 Å². The number of aromatic nitrogens is 2. The summed E-state index contributed by atoms with van der Waals surface area (Å²) in [6, 6.07) is 2.47. The van der Waals surface area contributed by atoms with E-state index in [0.717, 1.165) is 12.1 Å². The van der Waals surface area contributed by atoms with E-state index in [-0.39, 0.29) is 10.8 Å². The summed E-state index contributed by atoms with van der Waals surface area (Å²) >= 11 is 5.75. The van der Waals surface area contributed by atoms with E-state index >= 15 is 0 Å². The second kappa shape index (κ2) is 4.78. The number of benzene rings is 1. The molecule has 0 atom stereocenters. The van der Waals surface area contributed by atoms with Crippen molar-refractivity contribution in [3.05, 3.63) is 41.3 Å². The van der Waals surface area contributed by atoms with E-state index in [9.17, 15) is 17.2 Å². The highest BCUT2D eigenvalue weighted by atomic mass is 35.5. The molecular formula is C10H8ClF2N3O2S. The van der Waals surface area contributed by atoms with Crippen molar-refractivity contribution in [2.24, 2.45) is 7.05 Å². The average molecular weight is 308 g/mol. The molecule has 1 N–H and O–H groups in total. The normalized spacial score (nSPS) is 11.6. The highest BCUT2D eigenvalue weighted by Crippen LogP contribution is 2.23. The summed E-state index contributed by atoms with van der Waals surface area (Å²) in [5.41, 5.74) is -0.386. The molecule has 9 heteroatoms. The molecule has 0 aliphatic rings. The Morgan fingerprint density at radius 1 is 1.37 bits per heavy atom. The molecule has 0 spiro atoms. The second-order valence-electron chi connectivity index (χ2n) is 3.68. The maximum Gasteiger partial charge on any atom is 0.282 e. The Balaban J connectivity index is 2.39. The average Bonchev–Trinajstić information content (AvgIpc) is 2.64. The Morgan fingerprint density at radius 3 is 2.58 bits per heavy atom. The molecule has 0 aliphatic carbocycles. The van der Waals surface area contributed by atoms with Crippen molar-refractivity contribution in [3.63, 3.8) is 0 Å².